The van der Waals surface area contributed by atoms with E-state index in [2.05, 4.69) is 6.58 Å². The second-order valence-corrected chi connectivity index (χ2v) is 12.1. The molecule has 52 heavy (non-hydrogen) atoms. The average Bonchev–Trinajstić information content (AvgIpc) is 3.46. The fourth-order valence-electron chi connectivity index (χ4n) is 6.50. The average molecular weight is 723 g/mol. The summed E-state index contributed by atoms with van der Waals surface area (Å²) >= 11 is 0. The zero-order valence-electron chi connectivity index (χ0n) is 27.7. The second-order valence-electron chi connectivity index (χ2n) is 12.1. The molecule has 2 heterocycles. The molecule has 14 heteroatoms. The van der Waals surface area contributed by atoms with Crippen LogP contribution >= 0.6 is 0 Å². The van der Waals surface area contributed by atoms with Gasteiger partial charge in [-0.25, -0.2) is 4.90 Å². The van der Waals surface area contributed by atoms with Crippen LogP contribution in [-0.4, -0.2) is 61.1 Å². The Morgan fingerprint density at radius 3 is 1.71 bits per heavy atom. The van der Waals surface area contributed by atoms with E-state index in [9.17, 15) is 19.2 Å². The topological polar surface area (TPSA) is 93.2 Å². The van der Waals surface area contributed by atoms with E-state index >= 15 is 26.3 Å². The number of carbonyl (C=O) groups is 4. The standard InChI is InChI=1S/C38H28F6N2O6/c1-5-15-52-31-17-22(21-8-7-20(3)30(16-21)51-6-2)9-14-29(31)46-34(49)26-13-11-24(19-28(26)35(46)50)36(37(39,40)41,38(42,43)44)23-10-12-25-27(18-23)33(48)45(4)32(25)47/h5,7-14,16-19H,1,6,15H2,2-4H3. The van der Waals surface area contributed by atoms with Crippen molar-refractivity contribution in [1.29, 1.82) is 0 Å². The number of benzene rings is 4. The Kier molecular flexibility index (Phi) is 8.76. The van der Waals surface area contributed by atoms with Gasteiger partial charge in [0.1, 0.15) is 18.1 Å². The molecule has 2 aliphatic rings. The molecule has 8 nitrogen and oxygen atoms in total. The number of halogens is 6. The zero-order chi connectivity index (χ0) is 37.9. The number of ether oxygens (including phenoxy) is 2. The number of fused-ring (bicyclic) bond motifs is 2. The van der Waals surface area contributed by atoms with Crippen molar-refractivity contribution >= 4 is 29.3 Å². The lowest BCUT2D eigenvalue weighted by Gasteiger charge is -2.38. The first-order chi connectivity index (χ1) is 24.5. The Balaban J connectivity index is 1.47. The molecule has 0 unspecified atom stereocenters. The van der Waals surface area contributed by atoms with Gasteiger partial charge in [0.2, 0.25) is 5.41 Å². The van der Waals surface area contributed by atoms with Crippen LogP contribution in [0.5, 0.6) is 11.5 Å². The molecule has 0 saturated carbocycles. The molecule has 0 aliphatic carbocycles. The highest BCUT2D eigenvalue weighted by Gasteiger charge is 2.73. The van der Waals surface area contributed by atoms with Crippen LogP contribution in [0.3, 0.4) is 0 Å². The number of alkyl halides is 6. The van der Waals surface area contributed by atoms with Gasteiger partial charge in [-0.05, 0) is 84.1 Å². The SMILES string of the molecule is C=CCOc1cc(-c2ccc(C)c(OCC)c2)ccc1N1C(=O)c2ccc(C(c3ccc4c(c3)C(=O)N(C)C4=O)(C(F)(F)F)C(F)(F)F)cc2C1=O. The van der Waals surface area contributed by atoms with Gasteiger partial charge < -0.3 is 9.47 Å². The van der Waals surface area contributed by atoms with Crippen molar-refractivity contribution in [3.05, 3.63) is 124 Å². The van der Waals surface area contributed by atoms with Gasteiger partial charge in [-0.15, -0.1) is 0 Å². The van der Waals surface area contributed by atoms with Crippen LogP contribution in [0.15, 0.2) is 85.5 Å². The third-order valence-corrected chi connectivity index (χ3v) is 9.07. The number of aryl methyl sites for hydroxylation is 1. The molecule has 0 atom stereocenters. The molecule has 0 N–H and O–H groups in total. The lowest BCUT2D eigenvalue weighted by atomic mass is 9.71. The molecule has 0 fully saturated rings. The monoisotopic (exact) mass is 722 g/mol. The van der Waals surface area contributed by atoms with E-state index in [0.717, 1.165) is 24.7 Å². The maximum absolute atomic E-state index is 15.1. The normalized spacial score (nSPS) is 14.6. The minimum Gasteiger partial charge on any atom is -0.494 e. The van der Waals surface area contributed by atoms with Crippen LogP contribution in [0.2, 0.25) is 0 Å². The van der Waals surface area contributed by atoms with Gasteiger partial charge in [-0.3, -0.25) is 24.1 Å². The molecule has 4 aromatic rings. The third-order valence-electron chi connectivity index (χ3n) is 9.07. The van der Waals surface area contributed by atoms with Crippen LogP contribution < -0.4 is 14.4 Å². The van der Waals surface area contributed by atoms with Gasteiger partial charge in [-0.1, -0.05) is 43.0 Å². The predicted octanol–water partition coefficient (Wildman–Crippen LogP) is 8.06. The van der Waals surface area contributed by atoms with Gasteiger partial charge in [0.25, 0.3) is 23.6 Å². The molecule has 4 amide bonds. The van der Waals surface area contributed by atoms with Crippen LogP contribution in [0.25, 0.3) is 11.1 Å². The quantitative estimate of drug-likeness (QED) is 0.0987. The van der Waals surface area contributed by atoms with E-state index in [1.54, 1.807) is 12.1 Å². The van der Waals surface area contributed by atoms with E-state index in [1.807, 2.05) is 26.0 Å². The number of amides is 4. The Labute approximate surface area is 292 Å². The smallest absolute Gasteiger partial charge is 0.411 e. The zero-order valence-corrected chi connectivity index (χ0v) is 27.7. The van der Waals surface area contributed by atoms with Crippen molar-refractivity contribution in [3.8, 4) is 22.6 Å². The number of imide groups is 2. The molecular formula is C38H28F6N2O6. The lowest BCUT2D eigenvalue weighted by Crippen LogP contribution is -2.55. The lowest BCUT2D eigenvalue weighted by molar-refractivity contribution is -0.288. The van der Waals surface area contributed by atoms with E-state index in [0.29, 0.717) is 57.5 Å². The summed E-state index contributed by atoms with van der Waals surface area (Å²) < 4.78 is 102. The van der Waals surface area contributed by atoms with E-state index in [4.69, 9.17) is 9.47 Å². The number of carbonyl (C=O) groups excluding carboxylic acids is 4. The molecule has 0 saturated heterocycles. The van der Waals surface area contributed by atoms with Gasteiger partial charge in [0, 0.05) is 7.05 Å². The molecular weight excluding hydrogens is 694 g/mol. The first kappa shape index (κ1) is 35.9. The van der Waals surface area contributed by atoms with Crippen molar-refractivity contribution in [2.24, 2.45) is 0 Å². The van der Waals surface area contributed by atoms with Gasteiger partial charge in [0.15, 0.2) is 0 Å². The van der Waals surface area contributed by atoms with Crippen molar-refractivity contribution in [2.45, 2.75) is 31.6 Å². The molecule has 2 aliphatic heterocycles. The maximum atomic E-state index is 15.1. The number of hydrogen-bond donors (Lipinski definition) is 0. The number of nitrogens with zero attached hydrogens (tertiary/aromatic N) is 2. The van der Waals surface area contributed by atoms with Gasteiger partial charge in [-0.2, -0.15) is 26.3 Å². The summed E-state index contributed by atoms with van der Waals surface area (Å²) in [5, 5.41) is 0. The number of hydrogen-bond acceptors (Lipinski definition) is 6. The van der Waals surface area contributed by atoms with Crippen LogP contribution in [-0.2, 0) is 5.41 Å². The van der Waals surface area contributed by atoms with E-state index < -0.39 is 69.2 Å². The molecule has 0 aromatic heterocycles. The minimum atomic E-state index is -6.09. The summed E-state index contributed by atoms with van der Waals surface area (Å²) in [6.45, 7) is 7.64. The van der Waals surface area contributed by atoms with Crippen molar-refractivity contribution in [1.82, 2.24) is 4.90 Å². The maximum Gasteiger partial charge on any atom is 0.411 e. The summed E-state index contributed by atoms with van der Waals surface area (Å²) in [5.74, 6) is -3.55. The Hall–Kier alpha value is -5.92. The van der Waals surface area contributed by atoms with E-state index in [-0.39, 0.29) is 23.6 Å². The molecule has 4 aromatic carbocycles. The molecule has 0 bridgehead atoms. The molecule has 6 rings (SSSR count). The van der Waals surface area contributed by atoms with Crippen LogP contribution in [0, 0.1) is 6.92 Å². The molecule has 0 spiro atoms. The van der Waals surface area contributed by atoms with Crippen LogP contribution in [0.4, 0.5) is 32.0 Å². The summed E-state index contributed by atoms with van der Waals surface area (Å²) in [4.78, 5) is 53.7. The van der Waals surface area contributed by atoms with E-state index in [1.165, 1.54) is 18.2 Å². The minimum absolute atomic E-state index is 0.00733. The predicted molar refractivity (Wildman–Crippen MR) is 177 cm³/mol. The largest absolute Gasteiger partial charge is 0.494 e. The first-order valence-corrected chi connectivity index (χ1v) is 15.7. The number of rotatable bonds is 9. The fraction of sp³-hybridized carbons (Fsp3) is 0.211. The first-order valence-electron chi connectivity index (χ1n) is 15.7. The summed E-state index contributed by atoms with van der Waals surface area (Å²) in [6.07, 6.45) is -10.8. The Bertz CT molecular complexity index is 2180. The molecule has 268 valence electrons. The summed E-state index contributed by atoms with van der Waals surface area (Å²) in [7, 11) is 1.04. The number of anilines is 1. The van der Waals surface area contributed by atoms with Crippen molar-refractivity contribution in [2.75, 3.05) is 25.2 Å². The second kappa shape index (κ2) is 12.7. The summed E-state index contributed by atoms with van der Waals surface area (Å²) in [5.41, 5.74) is -7.73. The third kappa shape index (κ3) is 5.40. The fourth-order valence-corrected chi connectivity index (χ4v) is 6.50. The van der Waals surface area contributed by atoms with Crippen molar-refractivity contribution in [3.63, 3.8) is 0 Å². The van der Waals surface area contributed by atoms with Gasteiger partial charge >= 0.3 is 12.4 Å². The van der Waals surface area contributed by atoms with Crippen LogP contribution in [0.1, 0.15) is 65.0 Å². The highest BCUT2D eigenvalue weighted by atomic mass is 19.4. The van der Waals surface area contributed by atoms with Crippen molar-refractivity contribution < 1.29 is 55.0 Å². The molecule has 0 radical (unpaired) electrons. The summed E-state index contributed by atoms with van der Waals surface area (Å²) in [6, 6.07) is 13.1. The highest BCUT2D eigenvalue weighted by Crippen LogP contribution is 2.57. The Morgan fingerprint density at radius 1 is 0.654 bits per heavy atom. The Morgan fingerprint density at radius 2 is 1.15 bits per heavy atom. The van der Waals surface area contributed by atoms with Gasteiger partial charge in [0.05, 0.1) is 34.5 Å². The highest BCUT2D eigenvalue weighted by molar-refractivity contribution is 6.35.